The molecule has 11 heteroatoms. The maximum Gasteiger partial charge on any atom is 0.289 e. The molecule has 4 rings (SSSR count). The molecule has 2 heterocycles. The number of halogens is 1. The topological polar surface area (TPSA) is 96.7 Å². The molecule has 1 aliphatic heterocycles. The summed E-state index contributed by atoms with van der Waals surface area (Å²) in [5.74, 6) is 0. The van der Waals surface area contributed by atoms with Crippen LogP contribution in [0.3, 0.4) is 0 Å². The van der Waals surface area contributed by atoms with E-state index in [4.69, 9.17) is 16.6 Å². The van der Waals surface area contributed by atoms with E-state index in [0.29, 0.717) is 13.1 Å². The summed E-state index contributed by atoms with van der Waals surface area (Å²) in [6.07, 6.45) is 0. The number of nitro groups is 1. The Labute approximate surface area is 195 Å². The lowest BCUT2D eigenvalue weighted by Crippen LogP contribution is -2.48. The number of hydrogen-bond acceptors (Lipinski definition) is 7. The number of anilines is 1. The fraction of sp³-hybridized carbons (Fsp3) is 0.286. The van der Waals surface area contributed by atoms with Crippen LogP contribution in [0.25, 0.3) is 11.3 Å². The van der Waals surface area contributed by atoms with Gasteiger partial charge in [0.1, 0.15) is 5.02 Å². The van der Waals surface area contributed by atoms with Gasteiger partial charge in [0.05, 0.1) is 15.5 Å². The third-order valence-corrected chi connectivity index (χ3v) is 8.75. The lowest BCUT2D eigenvalue weighted by atomic mass is 10.0. The lowest BCUT2D eigenvalue weighted by molar-refractivity contribution is -0.384. The van der Waals surface area contributed by atoms with E-state index in [1.807, 2.05) is 11.4 Å². The summed E-state index contributed by atoms with van der Waals surface area (Å²) in [6.45, 7) is 5.63. The molecule has 1 aromatic heterocycles. The molecule has 32 heavy (non-hydrogen) atoms. The molecule has 0 aliphatic carbocycles. The van der Waals surface area contributed by atoms with E-state index in [1.54, 1.807) is 0 Å². The number of rotatable bonds is 5. The van der Waals surface area contributed by atoms with E-state index in [1.165, 1.54) is 38.9 Å². The summed E-state index contributed by atoms with van der Waals surface area (Å²) in [4.78, 5) is 17.1. The minimum Gasteiger partial charge on any atom is -0.345 e. The van der Waals surface area contributed by atoms with Gasteiger partial charge in [-0.05, 0) is 37.1 Å². The molecule has 0 atom stereocenters. The number of benzene rings is 2. The molecule has 1 saturated heterocycles. The van der Waals surface area contributed by atoms with Crippen molar-refractivity contribution in [3.05, 3.63) is 68.0 Å². The molecular formula is C21H21ClN4O4S2. The fourth-order valence-electron chi connectivity index (χ4n) is 3.62. The molecule has 0 bridgehead atoms. The minimum absolute atomic E-state index is 0.0952. The van der Waals surface area contributed by atoms with Crippen molar-refractivity contribution in [2.24, 2.45) is 0 Å². The zero-order valence-corrected chi connectivity index (χ0v) is 19.9. The molecule has 0 unspecified atom stereocenters. The molecule has 3 aromatic rings. The smallest absolute Gasteiger partial charge is 0.289 e. The molecule has 168 valence electrons. The Hall–Kier alpha value is -2.53. The van der Waals surface area contributed by atoms with E-state index >= 15 is 0 Å². The largest absolute Gasteiger partial charge is 0.345 e. The van der Waals surface area contributed by atoms with Crippen molar-refractivity contribution in [1.82, 2.24) is 9.29 Å². The lowest BCUT2D eigenvalue weighted by Gasteiger charge is -2.33. The first-order chi connectivity index (χ1) is 15.2. The fourth-order valence-corrected chi connectivity index (χ4v) is 6.13. The van der Waals surface area contributed by atoms with E-state index in [9.17, 15) is 18.5 Å². The SMILES string of the molecule is Cc1cccc(-c2csc(N3CCN(S(=O)(=O)c4ccc(Cl)c([N+](=O)[O-])c4)CC3)n2)c1C. The number of aromatic nitrogens is 1. The van der Waals surface area contributed by atoms with Gasteiger partial charge < -0.3 is 4.90 Å². The highest BCUT2D eigenvalue weighted by molar-refractivity contribution is 7.89. The highest BCUT2D eigenvalue weighted by Crippen LogP contribution is 2.32. The highest BCUT2D eigenvalue weighted by Gasteiger charge is 2.31. The van der Waals surface area contributed by atoms with Crippen LogP contribution in [0.4, 0.5) is 10.8 Å². The normalized spacial score (nSPS) is 15.2. The second-order valence-corrected chi connectivity index (χ2v) is 10.7. The first-order valence-corrected chi connectivity index (χ1v) is 12.6. The quantitative estimate of drug-likeness (QED) is 0.384. The summed E-state index contributed by atoms with van der Waals surface area (Å²) in [7, 11) is -3.86. The molecule has 1 aliphatic rings. The van der Waals surface area contributed by atoms with Crippen LogP contribution in [0.1, 0.15) is 11.1 Å². The average Bonchev–Trinajstić information content (AvgIpc) is 3.25. The number of aryl methyl sites for hydroxylation is 1. The highest BCUT2D eigenvalue weighted by atomic mass is 35.5. The van der Waals surface area contributed by atoms with Crippen LogP contribution in [0, 0.1) is 24.0 Å². The van der Waals surface area contributed by atoms with Gasteiger partial charge in [0.15, 0.2) is 5.13 Å². The number of nitro benzene ring substituents is 1. The standard InChI is InChI=1S/C21H21ClN4O4S2/c1-14-4-3-5-17(15(14)2)19-13-31-21(23-19)24-8-10-25(11-9-24)32(29,30)16-6-7-18(22)20(12-16)26(27)28/h3-7,12-13H,8-11H2,1-2H3. The summed E-state index contributed by atoms with van der Waals surface area (Å²) >= 11 is 7.35. The van der Waals surface area contributed by atoms with Gasteiger partial charge in [0.25, 0.3) is 5.69 Å². The Morgan fingerprint density at radius 3 is 2.53 bits per heavy atom. The van der Waals surface area contributed by atoms with Crippen molar-refractivity contribution in [2.45, 2.75) is 18.7 Å². The van der Waals surface area contributed by atoms with E-state index in [2.05, 4.69) is 30.9 Å². The van der Waals surface area contributed by atoms with Crippen LogP contribution in [-0.2, 0) is 10.0 Å². The Morgan fingerprint density at radius 2 is 1.84 bits per heavy atom. The van der Waals surface area contributed by atoms with E-state index < -0.39 is 20.6 Å². The van der Waals surface area contributed by atoms with Crippen molar-refractivity contribution in [3.63, 3.8) is 0 Å². The Kier molecular flexibility index (Phi) is 6.22. The van der Waals surface area contributed by atoms with Crippen molar-refractivity contribution >= 4 is 43.8 Å². The van der Waals surface area contributed by atoms with Crippen LogP contribution >= 0.6 is 22.9 Å². The van der Waals surface area contributed by atoms with Gasteiger partial charge in [0.2, 0.25) is 10.0 Å². The molecule has 0 saturated carbocycles. The third-order valence-electron chi connectivity index (χ3n) is 5.63. The maximum absolute atomic E-state index is 13.0. The summed E-state index contributed by atoms with van der Waals surface area (Å²) in [6, 6.07) is 9.70. The number of thiazole rings is 1. The molecule has 0 N–H and O–H groups in total. The van der Waals surface area contributed by atoms with E-state index in [0.717, 1.165) is 22.5 Å². The van der Waals surface area contributed by atoms with Gasteiger partial charge in [-0.1, -0.05) is 29.8 Å². The zero-order chi connectivity index (χ0) is 23.0. The van der Waals surface area contributed by atoms with Crippen LogP contribution in [0.2, 0.25) is 5.02 Å². The zero-order valence-electron chi connectivity index (χ0n) is 17.5. The van der Waals surface area contributed by atoms with Gasteiger partial charge in [-0.2, -0.15) is 4.31 Å². The predicted molar refractivity (Wildman–Crippen MR) is 126 cm³/mol. The average molecular weight is 493 g/mol. The molecular weight excluding hydrogens is 472 g/mol. The van der Waals surface area contributed by atoms with Gasteiger partial charge in [-0.25, -0.2) is 13.4 Å². The van der Waals surface area contributed by atoms with Crippen LogP contribution < -0.4 is 4.90 Å². The Morgan fingerprint density at radius 1 is 1.12 bits per heavy atom. The summed E-state index contributed by atoms with van der Waals surface area (Å²) < 4.78 is 27.4. The summed E-state index contributed by atoms with van der Waals surface area (Å²) in [5, 5.41) is 13.9. The predicted octanol–water partition coefficient (Wildman–Crippen LogP) is 4.50. The van der Waals surface area contributed by atoms with Gasteiger partial charge in [0, 0.05) is 43.2 Å². The van der Waals surface area contributed by atoms with Gasteiger partial charge >= 0.3 is 0 Å². The summed E-state index contributed by atoms with van der Waals surface area (Å²) in [5.41, 5.74) is 3.98. The van der Waals surface area contributed by atoms with Crippen molar-refractivity contribution in [3.8, 4) is 11.3 Å². The molecule has 2 aromatic carbocycles. The second kappa shape index (κ2) is 8.78. The van der Waals surface area contributed by atoms with Crippen LogP contribution in [0.15, 0.2) is 46.7 Å². The minimum atomic E-state index is -3.86. The molecule has 0 amide bonds. The molecule has 1 fully saturated rings. The Balaban J connectivity index is 1.49. The Bertz CT molecular complexity index is 1280. The van der Waals surface area contributed by atoms with Crippen molar-refractivity contribution in [2.75, 3.05) is 31.1 Å². The first-order valence-electron chi connectivity index (χ1n) is 9.89. The first kappa shape index (κ1) is 22.7. The van der Waals surface area contributed by atoms with Crippen LogP contribution in [0.5, 0.6) is 0 Å². The molecule has 0 spiro atoms. The molecule has 8 nitrogen and oxygen atoms in total. The van der Waals surface area contributed by atoms with E-state index in [-0.39, 0.29) is 23.0 Å². The number of piperazine rings is 1. The second-order valence-electron chi connectivity index (χ2n) is 7.52. The van der Waals surface area contributed by atoms with Crippen molar-refractivity contribution < 1.29 is 13.3 Å². The van der Waals surface area contributed by atoms with Crippen molar-refractivity contribution in [1.29, 1.82) is 0 Å². The number of hydrogen-bond donors (Lipinski definition) is 0. The van der Waals surface area contributed by atoms with Gasteiger partial charge in [-0.3, -0.25) is 10.1 Å². The number of sulfonamides is 1. The number of nitrogens with zero attached hydrogens (tertiary/aromatic N) is 4. The van der Waals surface area contributed by atoms with Crippen LogP contribution in [-0.4, -0.2) is 48.8 Å². The third kappa shape index (κ3) is 4.23. The maximum atomic E-state index is 13.0. The monoisotopic (exact) mass is 492 g/mol. The molecule has 0 radical (unpaired) electrons. The van der Waals surface area contributed by atoms with Gasteiger partial charge in [-0.15, -0.1) is 11.3 Å².